The van der Waals surface area contributed by atoms with Gasteiger partial charge in [0.05, 0.1) is 13.7 Å². The van der Waals surface area contributed by atoms with Crippen molar-refractivity contribution in [3.63, 3.8) is 0 Å². The van der Waals surface area contributed by atoms with Gasteiger partial charge in [-0.2, -0.15) is 0 Å². The molecule has 0 aliphatic carbocycles. The molecule has 20 heavy (non-hydrogen) atoms. The molecule has 1 aromatic rings. The molecule has 0 spiro atoms. The third-order valence-corrected chi connectivity index (χ3v) is 3.72. The Morgan fingerprint density at radius 2 is 1.85 bits per heavy atom. The lowest BCUT2D eigenvalue weighted by Crippen LogP contribution is -2.41. The summed E-state index contributed by atoms with van der Waals surface area (Å²) >= 11 is 0. The molecule has 4 heteroatoms. The minimum atomic E-state index is 0.306. The van der Waals surface area contributed by atoms with Gasteiger partial charge in [0.25, 0.3) is 0 Å². The van der Waals surface area contributed by atoms with E-state index in [9.17, 15) is 0 Å². The summed E-state index contributed by atoms with van der Waals surface area (Å²) in [6.45, 7) is 7.12. The lowest BCUT2D eigenvalue weighted by Gasteiger charge is -2.31. The molecular weight excluding hydrogens is 252 g/mol. The van der Waals surface area contributed by atoms with Crippen LogP contribution in [-0.2, 0) is 4.74 Å². The van der Waals surface area contributed by atoms with Gasteiger partial charge in [0.2, 0.25) is 0 Å². The molecule has 1 rings (SSSR count). The Bertz CT molecular complexity index is 367. The monoisotopic (exact) mass is 280 g/mol. The summed E-state index contributed by atoms with van der Waals surface area (Å²) in [6.07, 6.45) is 0. The summed E-state index contributed by atoms with van der Waals surface area (Å²) in [4.78, 5) is 2.43. The third-order valence-electron chi connectivity index (χ3n) is 3.72. The van der Waals surface area contributed by atoms with Crippen LogP contribution in [0.2, 0.25) is 0 Å². The van der Waals surface area contributed by atoms with E-state index in [1.54, 1.807) is 14.2 Å². The standard InChI is InChI=1S/C16H28N2O2/c1-6-18(13(2)12-19-4)11-16(17-3)14-7-9-15(20-5)10-8-14/h7-10,13,16-17H,6,11-12H2,1-5H3. The number of hydrogen-bond acceptors (Lipinski definition) is 4. The van der Waals surface area contributed by atoms with Crippen LogP contribution in [0, 0.1) is 0 Å². The van der Waals surface area contributed by atoms with Crippen molar-refractivity contribution in [1.82, 2.24) is 10.2 Å². The first-order valence-corrected chi connectivity index (χ1v) is 7.20. The van der Waals surface area contributed by atoms with E-state index >= 15 is 0 Å². The number of nitrogens with one attached hydrogen (secondary N) is 1. The van der Waals surface area contributed by atoms with Gasteiger partial charge in [-0.15, -0.1) is 0 Å². The average molecular weight is 280 g/mol. The van der Waals surface area contributed by atoms with Crippen molar-refractivity contribution < 1.29 is 9.47 Å². The molecule has 2 unspecified atom stereocenters. The number of hydrogen-bond donors (Lipinski definition) is 1. The minimum Gasteiger partial charge on any atom is -0.497 e. The first kappa shape index (κ1) is 17.0. The largest absolute Gasteiger partial charge is 0.497 e. The maximum Gasteiger partial charge on any atom is 0.118 e. The molecule has 0 aromatic heterocycles. The number of benzene rings is 1. The number of ether oxygens (including phenoxy) is 2. The minimum absolute atomic E-state index is 0.306. The topological polar surface area (TPSA) is 33.7 Å². The molecule has 0 aliphatic heterocycles. The van der Waals surface area contributed by atoms with Crippen LogP contribution in [0.3, 0.4) is 0 Å². The van der Waals surface area contributed by atoms with Gasteiger partial charge >= 0.3 is 0 Å². The molecule has 1 N–H and O–H groups in total. The summed E-state index contributed by atoms with van der Waals surface area (Å²) < 4.78 is 10.5. The molecule has 0 aliphatic rings. The fraction of sp³-hybridized carbons (Fsp3) is 0.625. The second kappa shape index (κ2) is 8.95. The van der Waals surface area contributed by atoms with E-state index in [4.69, 9.17) is 9.47 Å². The Balaban J connectivity index is 2.73. The summed E-state index contributed by atoms with van der Waals surface area (Å²) in [5.41, 5.74) is 1.27. The van der Waals surface area contributed by atoms with Crippen molar-refractivity contribution in [2.75, 3.05) is 41.0 Å². The molecule has 4 nitrogen and oxygen atoms in total. The van der Waals surface area contributed by atoms with Crippen LogP contribution in [0.1, 0.15) is 25.5 Å². The smallest absolute Gasteiger partial charge is 0.118 e. The van der Waals surface area contributed by atoms with Crippen LogP contribution in [0.15, 0.2) is 24.3 Å². The summed E-state index contributed by atoms with van der Waals surface area (Å²) in [5.74, 6) is 0.892. The van der Waals surface area contributed by atoms with Crippen LogP contribution in [0.5, 0.6) is 5.75 Å². The molecule has 0 radical (unpaired) electrons. The molecule has 0 heterocycles. The van der Waals surface area contributed by atoms with Crippen molar-refractivity contribution in [3.8, 4) is 5.75 Å². The lowest BCUT2D eigenvalue weighted by molar-refractivity contribution is 0.0963. The Labute approximate surface area is 123 Å². The van der Waals surface area contributed by atoms with E-state index in [1.807, 2.05) is 19.2 Å². The molecule has 114 valence electrons. The zero-order chi connectivity index (χ0) is 15.0. The van der Waals surface area contributed by atoms with Crippen molar-refractivity contribution in [1.29, 1.82) is 0 Å². The second-order valence-electron chi connectivity index (χ2n) is 5.01. The van der Waals surface area contributed by atoms with E-state index in [-0.39, 0.29) is 0 Å². The van der Waals surface area contributed by atoms with E-state index in [1.165, 1.54) is 5.56 Å². The highest BCUT2D eigenvalue weighted by molar-refractivity contribution is 5.29. The quantitative estimate of drug-likeness (QED) is 0.752. The summed E-state index contributed by atoms with van der Waals surface area (Å²) in [6, 6.07) is 8.98. The highest BCUT2D eigenvalue weighted by atomic mass is 16.5. The van der Waals surface area contributed by atoms with Gasteiger partial charge in [0.15, 0.2) is 0 Å². The van der Waals surface area contributed by atoms with Crippen LogP contribution in [-0.4, -0.2) is 51.9 Å². The van der Waals surface area contributed by atoms with E-state index in [0.717, 1.165) is 25.4 Å². The van der Waals surface area contributed by atoms with Gasteiger partial charge in [-0.1, -0.05) is 19.1 Å². The fourth-order valence-corrected chi connectivity index (χ4v) is 2.40. The van der Waals surface area contributed by atoms with Crippen molar-refractivity contribution >= 4 is 0 Å². The molecular formula is C16H28N2O2. The zero-order valence-corrected chi connectivity index (χ0v) is 13.3. The molecule has 0 fully saturated rings. The van der Waals surface area contributed by atoms with E-state index in [0.29, 0.717) is 12.1 Å². The lowest BCUT2D eigenvalue weighted by atomic mass is 10.1. The van der Waals surface area contributed by atoms with Crippen LogP contribution < -0.4 is 10.1 Å². The third kappa shape index (κ3) is 4.78. The second-order valence-corrected chi connectivity index (χ2v) is 5.01. The molecule has 1 aromatic carbocycles. The molecule has 0 saturated heterocycles. The van der Waals surface area contributed by atoms with Crippen molar-refractivity contribution in [2.45, 2.75) is 25.9 Å². The molecule has 0 bridgehead atoms. The molecule has 0 saturated carbocycles. The normalized spacial score (nSPS) is 14.3. The maximum atomic E-state index is 5.26. The summed E-state index contributed by atoms with van der Waals surface area (Å²) in [5, 5.41) is 3.39. The van der Waals surface area contributed by atoms with Gasteiger partial charge in [-0.05, 0) is 38.2 Å². The van der Waals surface area contributed by atoms with Gasteiger partial charge in [0, 0.05) is 25.7 Å². The summed E-state index contributed by atoms with van der Waals surface area (Å²) in [7, 11) is 5.45. The highest BCUT2D eigenvalue weighted by Gasteiger charge is 2.18. The number of nitrogens with zero attached hydrogens (tertiary/aromatic N) is 1. The molecule has 2 atom stereocenters. The van der Waals surface area contributed by atoms with Gasteiger partial charge in [-0.3, -0.25) is 4.90 Å². The predicted octanol–water partition coefficient (Wildman–Crippen LogP) is 2.31. The van der Waals surface area contributed by atoms with E-state index < -0.39 is 0 Å². The number of rotatable bonds is 9. The number of likely N-dealkylation sites (N-methyl/N-ethyl adjacent to an activating group) is 2. The van der Waals surface area contributed by atoms with Crippen molar-refractivity contribution in [2.24, 2.45) is 0 Å². The Morgan fingerprint density at radius 3 is 2.30 bits per heavy atom. The van der Waals surface area contributed by atoms with Gasteiger partial charge < -0.3 is 14.8 Å². The first-order valence-electron chi connectivity index (χ1n) is 7.20. The van der Waals surface area contributed by atoms with Crippen LogP contribution in [0.4, 0.5) is 0 Å². The van der Waals surface area contributed by atoms with Crippen LogP contribution in [0.25, 0.3) is 0 Å². The van der Waals surface area contributed by atoms with E-state index in [2.05, 4.69) is 36.2 Å². The predicted molar refractivity (Wildman–Crippen MR) is 83.4 cm³/mol. The first-order chi connectivity index (χ1) is 9.65. The van der Waals surface area contributed by atoms with Crippen LogP contribution >= 0.6 is 0 Å². The van der Waals surface area contributed by atoms with Crippen molar-refractivity contribution in [3.05, 3.63) is 29.8 Å². The Morgan fingerprint density at radius 1 is 1.20 bits per heavy atom. The zero-order valence-electron chi connectivity index (χ0n) is 13.3. The number of methoxy groups -OCH3 is 2. The fourth-order valence-electron chi connectivity index (χ4n) is 2.40. The highest BCUT2D eigenvalue weighted by Crippen LogP contribution is 2.19. The molecule has 0 amide bonds. The average Bonchev–Trinajstić information content (AvgIpc) is 2.49. The Hall–Kier alpha value is -1.10. The van der Waals surface area contributed by atoms with Gasteiger partial charge in [-0.25, -0.2) is 0 Å². The van der Waals surface area contributed by atoms with Gasteiger partial charge in [0.1, 0.15) is 5.75 Å². The maximum absolute atomic E-state index is 5.26. The Kier molecular flexibility index (Phi) is 7.59. The SMILES string of the molecule is CCN(CC(NC)c1ccc(OC)cc1)C(C)COC.